The van der Waals surface area contributed by atoms with Gasteiger partial charge in [0.2, 0.25) is 10.9 Å². The van der Waals surface area contributed by atoms with Crippen LogP contribution in [0.4, 0.5) is 5.13 Å². The van der Waals surface area contributed by atoms with Crippen LogP contribution < -0.4 is 14.4 Å². The van der Waals surface area contributed by atoms with Gasteiger partial charge in [0.1, 0.15) is 10.8 Å². The molecule has 10 heteroatoms. The Morgan fingerprint density at radius 2 is 1.95 bits per heavy atom. The molecule has 3 heterocycles. The van der Waals surface area contributed by atoms with Crippen LogP contribution in [-0.4, -0.2) is 40.7 Å². The summed E-state index contributed by atoms with van der Waals surface area (Å²) in [4.78, 5) is 28.4. The van der Waals surface area contributed by atoms with E-state index < -0.39 is 23.5 Å². The number of aromatic nitrogens is 2. The van der Waals surface area contributed by atoms with Crippen LogP contribution in [-0.2, 0) is 4.79 Å². The maximum atomic E-state index is 13.8. The highest BCUT2D eigenvalue weighted by Crippen LogP contribution is 2.43. The Morgan fingerprint density at radius 3 is 2.63 bits per heavy atom. The van der Waals surface area contributed by atoms with Gasteiger partial charge in [-0.1, -0.05) is 55.4 Å². The number of carbonyl (C=O) groups excluding carboxylic acids is 2. The fourth-order valence-electron chi connectivity index (χ4n) is 4.46. The largest absolute Gasteiger partial charge is 0.503 e. The topological polar surface area (TPSA) is 115 Å². The number of benzene rings is 2. The van der Waals surface area contributed by atoms with Crippen LogP contribution in [0.2, 0.25) is 0 Å². The number of furan rings is 1. The van der Waals surface area contributed by atoms with E-state index in [0.29, 0.717) is 39.6 Å². The van der Waals surface area contributed by atoms with E-state index in [1.165, 1.54) is 23.3 Å². The molecule has 2 aromatic carbocycles. The minimum atomic E-state index is -0.938. The van der Waals surface area contributed by atoms with E-state index in [2.05, 4.69) is 17.1 Å². The fraction of sp³-hybridized carbons (Fsp3) is 0.286. The number of aryl methyl sites for hydroxylation is 1. The number of hydrogen-bond donors (Lipinski definition) is 1. The third-order valence-electron chi connectivity index (χ3n) is 6.34. The highest BCUT2D eigenvalue weighted by atomic mass is 32.1. The van der Waals surface area contributed by atoms with Gasteiger partial charge >= 0.3 is 0 Å². The molecule has 0 saturated carbocycles. The molecule has 1 aliphatic rings. The number of ether oxygens (including phenoxy) is 2. The first kappa shape index (κ1) is 25.5. The first-order chi connectivity index (χ1) is 18.4. The Kier molecular flexibility index (Phi) is 7.15. The normalized spacial score (nSPS) is 15.5. The monoisotopic (exact) mass is 533 g/mol. The van der Waals surface area contributed by atoms with Gasteiger partial charge < -0.3 is 19.0 Å². The van der Waals surface area contributed by atoms with E-state index in [1.54, 1.807) is 55.5 Å². The van der Waals surface area contributed by atoms with Crippen molar-refractivity contribution in [3.63, 3.8) is 0 Å². The van der Waals surface area contributed by atoms with Crippen molar-refractivity contribution < 1.29 is 28.6 Å². The van der Waals surface area contributed by atoms with Crippen LogP contribution in [0.1, 0.15) is 53.4 Å². The van der Waals surface area contributed by atoms with Crippen LogP contribution in [0.5, 0.6) is 11.5 Å². The average molecular weight is 534 g/mol. The molecule has 1 atom stereocenters. The zero-order valence-corrected chi connectivity index (χ0v) is 22.1. The van der Waals surface area contributed by atoms with Gasteiger partial charge in [-0.05, 0) is 43.2 Å². The highest BCUT2D eigenvalue weighted by Gasteiger charge is 2.46. The lowest BCUT2D eigenvalue weighted by atomic mass is 9.95. The Hall–Kier alpha value is -4.18. The molecule has 9 nitrogen and oxygen atoms in total. The Morgan fingerprint density at radius 1 is 1.16 bits per heavy atom. The molecule has 0 fully saturated rings. The smallest absolute Gasteiger partial charge is 0.296 e. The van der Waals surface area contributed by atoms with Crippen molar-refractivity contribution in [2.45, 2.75) is 39.2 Å². The number of amides is 1. The van der Waals surface area contributed by atoms with E-state index in [-0.39, 0.29) is 16.5 Å². The second-order valence-corrected chi connectivity index (χ2v) is 10.0. The summed E-state index contributed by atoms with van der Waals surface area (Å²) in [5.74, 6) is -0.863. The van der Waals surface area contributed by atoms with Gasteiger partial charge in [-0.2, -0.15) is 0 Å². The van der Waals surface area contributed by atoms with Gasteiger partial charge in [-0.15, -0.1) is 10.2 Å². The third-order valence-corrected chi connectivity index (χ3v) is 7.18. The molecule has 38 heavy (non-hydrogen) atoms. The molecule has 5 rings (SSSR count). The Balaban J connectivity index is 1.54. The van der Waals surface area contributed by atoms with Crippen molar-refractivity contribution in [2.24, 2.45) is 0 Å². The van der Waals surface area contributed by atoms with Gasteiger partial charge in [-0.3, -0.25) is 14.5 Å². The number of hydrogen-bond acceptors (Lipinski definition) is 9. The van der Waals surface area contributed by atoms with Gasteiger partial charge in [0, 0.05) is 5.39 Å². The number of nitrogens with zero attached hydrogens (tertiary/aromatic N) is 3. The number of carbonyl (C=O) groups is 2. The summed E-state index contributed by atoms with van der Waals surface area (Å²) in [6, 6.07) is 13.1. The maximum Gasteiger partial charge on any atom is 0.296 e. The molecule has 0 saturated heterocycles. The molecule has 0 spiro atoms. The molecule has 1 aliphatic heterocycles. The van der Waals surface area contributed by atoms with Crippen LogP contribution in [0.25, 0.3) is 11.0 Å². The summed E-state index contributed by atoms with van der Waals surface area (Å²) in [5, 5.41) is 20.7. The van der Waals surface area contributed by atoms with E-state index in [1.807, 2.05) is 0 Å². The standard InChI is InChI=1S/C28H27N3O6S/c1-4-5-6-14-36-19-12-10-17(11-13-19)23-22(25(33)27(34)31(23)28-30-29-16(2)38-28)24(32)21-15-18-8-7-9-20(35-3)26(18)37-21/h7-13,15,23,33H,4-6,14H2,1-3H3. The zero-order valence-electron chi connectivity index (χ0n) is 21.3. The van der Waals surface area contributed by atoms with Crippen molar-refractivity contribution >= 4 is 39.1 Å². The van der Waals surface area contributed by atoms with Crippen LogP contribution in [0, 0.1) is 6.92 Å². The number of methoxy groups -OCH3 is 1. The van der Waals surface area contributed by atoms with Crippen molar-refractivity contribution in [1.82, 2.24) is 10.2 Å². The van der Waals surface area contributed by atoms with Gasteiger partial charge in [0.05, 0.1) is 25.3 Å². The van der Waals surface area contributed by atoms with Crippen molar-refractivity contribution in [2.75, 3.05) is 18.6 Å². The second kappa shape index (κ2) is 10.7. The van der Waals surface area contributed by atoms with Crippen LogP contribution in [0.15, 0.2) is 64.3 Å². The zero-order chi connectivity index (χ0) is 26.8. The number of aliphatic hydroxyl groups excluding tert-OH is 1. The third kappa shape index (κ3) is 4.63. The molecule has 1 unspecified atom stereocenters. The maximum absolute atomic E-state index is 13.8. The first-order valence-electron chi connectivity index (χ1n) is 12.3. The molecule has 4 aromatic rings. The van der Waals surface area contributed by atoms with Crippen molar-refractivity contribution in [1.29, 1.82) is 0 Å². The number of para-hydroxylation sites is 1. The van der Waals surface area contributed by atoms with Gasteiger partial charge in [-0.25, -0.2) is 0 Å². The first-order valence-corrected chi connectivity index (χ1v) is 13.1. The lowest BCUT2D eigenvalue weighted by Crippen LogP contribution is -2.31. The minimum Gasteiger partial charge on any atom is -0.503 e. The fourth-order valence-corrected chi connectivity index (χ4v) is 5.18. The Labute approximate surface area is 223 Å². The molecule has 1 amide bonds. The lowest BCUT2D eigenvalue weighted by molar-refractivity contribution is -0.117. The minimum absolute atomic E-state index is 0.0185. The summed E-state index contributed by atoms with van der Waals surface area (Å²) < 4.78 is 17.0. The van der Waals surface area contributed by atoms with E-state index >= 15 is 0 Å². The van der Waals surface area contributed by atoms with E-state index in [0.717, 1.165) is 19.3 Å². The Bertz CT molecular complexity index is 1520. The summed E-state index contributed by atoms with van der Waals surface area (Å²) >= 11 is 1.20. The summed E-state index contributed by atoms with van der Waals surface area (Å²) in [6.07, 6.45) is 3.14. The number of unbranched alkanes of at least 4 members (excludes halogenated alkanes) is 2. The molecule has 2 aromatic heterocycles. The molecular formula is C28H27N3O6S. The summed E-state index contributed by atoms with van der Waals surface area (Å²) in [6.45, 7) is 4.50. The molecule has 0 radical (unpaired) electrons. The lowest BCUT2D eigenvalue weighted by Gasteiger charge is -2.24. The summed E-state index contributed by atoms with van der Waals surface area (Å²) in [7, 11) is 1.51. The van der Waals surface area contributed by atoms with Crippen molar-refractivity contribution in [3.05, 3.63) is 76.2 Å². The predicted octanol–water partition coefficient (Wildman–Crippen LogP) is 5.95. The number of ketones is 1. The predicted molar refractivity (Wildman–Crippen MR) is 143 cm³/mol. The number of Topliss-reactive ketones (excluding diaryl/α,β-unsaturated/α-hetero) is 1. The molecule has 196 valence electrons. The summed E-state index contributed by atoms with van der Waals surface area (Å²) in [5.41, 5.74) is 0.909. The SMILES string of the molecule is CCCCCOc1ccc(C2C(C(=O)c3cc4cccc(OC)c4o3)=C(O)C(=O)N2c2nnc(C)s2)cc1. The quantitative estimate of drug-likeness (QED) is 0.196. The number of anilines is 1. The van der Waals surface area contributed by atoms with Crippen LogP contribution >= 0.6 is 11.3 Å². The van der Waals surface area contributed by atoms with Gasteiger partial charge in [0.25, 0.3) is 5.91 Å². The van der Waals surface area contributed by atoms with Crippen LogP contribution in [0.3, 0.4) is 0 Å². The van der Waals surface area contributed by atoms with Crippen molar-refractivity contribution in [3.8, 4) is 11.5 Å². The molecule has 1 N–H and O–H groups in total. The average Bonchev–Trinajstić information content (AvgIpc) is 3.62. The number of fused-ring (bicyclic) bond motifs is 1. The number of aliphatic hydroxyl groups is 1. The highest BCUT2D eigenvalue weighted by molar-refractivity contribution is 7.15. The number of rotatable bonds is 10. The molecule has 0 aliphatic carbocycles. The molecule has 0 bridgehead atoms. The van der Waals surface area contributed by atoms with E-state index in [4.69, 9.17) is 13.9 Å². The van der Waals surface area contributed by atoms with Gasteiger partial charge in [0.15, 0.2) is 22.9 Å². The van der Waals surface area contributed by atoms with E-state index in [9.17, 15) is 14.7 Å². The second-order valence-electron chi connectivity index (χ2n) is 8.89. The molecular weight excluding hydrogens is 506 g/mol.